The van der Waals surface area contributed by atoms with Gasteiger partial charge < -0.3 is 15.2 Å². The molecule has 0 aliphatic heterocycles. The molecule has 5 nitrogen and oxygen atoms in total. The lowest BCUT2D eigenvalue weighted by atomic mass is 10.1. The maximum absolute atomic E-state index is 11.2. The Bertz CT molecular complexity index is 218. The van der Waals surface area contributed by atoms with Gasteiger partial charge in [-0.25, -0.2) is 4.79 Å². The number of unbranched alkanes of at least 4 members (excludes halogenated alkanes) is 3. The summed E-state index contributed by atoms with van der Waals surface area (Å²) in [6, 6.07) is 0. The number of hydrogen-bond acceptors (Lipinski definition) is 4. The van der Waals surface area contributed by atoms with Crippen molar-refractivity contribution in [2.45, 2.75) is 45.1 Å². The first-order valence-corrected chi connectivity index (χ1v) is 5.64. The smallest absolute Gasteiger partial charge is 0.336 e. The first-order chi connectivity index (χ1) is 7.61. The van der Waals surface area contributed by atoms with Crippen LogP contribution < -0.4 is 5.32 Å². The molecule has 0 aliphatic carbocycles. The van der Waals surface area contributed by atoms with Crippen LogP contribution >= 0.6 is 0 Å². The predicted octanol–water partition coefficient (Wildman–Crippen LogP) is 0.607. The topological polar surface area (TPSA) is 75.6 Å². The molecule has 2 N–H and O–H groups in total. The van der Waals surface area contributed by atoms with Crippen LogP contribution in [0.25, 0.3) is 0 Å². The van der Waals surface area contributed by atoms with Gasteiger partial charge in [0.15, 0.2) is 6.10 Å². The zero-order valence-corrected chi connectivity index (χ0v) is 9.99. The average molecular weight is 231 g/mol. The number of amides is 1. The minimum absolute atomic E-state index is 0.0840. The second-order valence-electron chi connectivity index (χ2n) is 3.65. The molecule has 1 unspecified atom stereocenters. The Labute approximate surface area is 96.2 Å². The molecule has 0 saturated carbocycles. The third-order valence-electron chi connectivity index (χ3n) is 2.22. The molecule has 5 heteroatoms. The third-order valence-corrected chi connectivity index (χ3v) is 2.22. The molecule has 0 heterocycles. The third kappa shape index (κ3) is 7.23. The van der Waals surface area contributed by atoms with Crippen LogP contribution in [0.1, 0.15) is 39.0 Å². The van der Waals surface area contributed by atoms with Gasteiger partial charge in [0.25, 0.3) is 0 Å². The van der Waals surface area contributed by atoms with Crippen molar-refractivity contribution < 1.29 is 19.4 Å². The van der Waals surface area contributed by atoms with Gasteiger partial charge in [-0.2, -0.15) is 0 Å². The van der Waals surface area contributed by atoms with E-state index in [2.05, 4.69) is 17.0 Å². The molecular formula is C11H21NO4. The van der Waals surface area contributed by atoms with Crippen LogP contribution in [-0.4, -0.2) is 36.7 Å². The fourth-order valence-electron chi connectivity index (χ4n) is 1.23. The summed E-state index contributed by atoms with van der Waals surface area (Å²) in [5, 5.41) is 11.7. The molecule has 0 saturated heterocycles. The highest BCUT2D eigenvalue weighted by Gasteiger charge is 2.15. The normalized spacial score (nSPS) is 11.9. The van der Waals surface area contributed by atoms with E-state index in [0.29, 0.717) is 6.42 Å². The molecule has 0 aromatic rings. The number of carbonyl (C=O) groups excluding carboxylic acids is 2. The summed E-state index contributed by atoms with van der Waals surface area (Å²) in [7, 11) is 1.19. The molecule has 0 fully saturated rings. The van der Waals surface area contributed by atoms with E-state index in [4.69, 9.17) is 0 Å². The van der Waals surface area contributed by atoms with Crippen LogP contribution in [0.2, 0.25) is 0 Å². The lowest BCUT2D eigenvalue weighted by molar-refractivity contribution is -0.150. The number of esters is 1. The Morgan fingerprint density at radius 3 is 2.56 bits per heavy atom. The first-order valence-electron chi connectivity index (χ1n) is 5.64. The van der Waals surface area contributed by atoms with Gasteiger partial charge in [-0.3, -0.25) is 4.79 Å². The number of rotatable bonds is 8. The largest absolute Gasteiger partial charge is 0.467 e. The molecule has 16 heavy (non-hydrogen) atoms. The van der Waals surface area contributed by atoms with Gasteiger partial charge in [0.2, 0.25) is 5.91 Å². The summed E-state index contributed by atoms with van der Waals surface area (Å²) in [5.74, 6) is -0.870. The fraction of sp³-hybridized carbons (Fsp3) is 0.818. The SMILES string of the molecule is CCCCCCC(=O)NCC(O)C(=O)OC. The molecule has 0 aromatic heterocycles. The van der Waals surface area contributed by atoms with Crippen LogP contribution in [0.5, 0.6) is 0 Å². The van der Waals surface area contributed by atoms with Crippen molar-refractivity contribution in [3.63, 3.8) is 0 Å². The van der Waals surface area contributed by atoms with Gasteiger partial charge in [-0.05, 0) is 6.42 Å². The molecule has 0 aromatic carbocycles. The van der Waals surface area contributed by atoms with E-state index in [1.807, 2.05) is 0 Å². The molecule has 1 atom stereocenters. The number of aliphatic hydroxyl groups is 1. The Balaban J connectivity index is 3.53. The summed E-state index contributed by atoms with van der Waals surface area (Å²) in [6.45, 7) is 2.02. The van der Waals surface area contributed by atoms with Crippen molar-refractivity contribution in [2.75, 3.05) is 13.7 Å². The van der Waals surface area contributed by atoms with Gasteiger partial charge in [0, 0.05) is 6.42 Å². The van der Waals surface area contributed by atoms with Crippen molar-refractivity contribution in [1.29, 1.82) is 0 Å². The second kappa shape index (κ2) is 9.15. The van der Waals surface area contributed by atoms with Crippen LogP contribution in [0, 0.1) is 0 Å². The number of hydrogen-bond donors (Lipinski definition) is 2. The molecular weight excluding hydrogens is 210 g/mol. The van der Waals surface area contributed by atoms with Crippen LogP contribution in [0.3, 0.4) is 0 Å². The van der Waals surface area contributed by atoms with E-state index in [-0.39, 0.29) is 12.5 Å². The lowest BCUT2D eigenvalue weighted by Crippen LogP contribution is -2.37. The number of methoxy groups -OCH3 is 1. The van der Waals surface area contributed by atoms with Crippen LogP contribution in [0.4, 0.5) is 0 Å². The molecule has 1 amide bonds. The molecule has 0 radical (unpaired) electrons. The quantitative estimate of drug-likeness (QED) is 0.474. The van der Waals surface area contributed by atoms with Crippen molar-refractivity contribution in [2.24, 2.45) is 0 Å². The number of nitrogens with one attached hydrogen (secondary N) is 1. The molecule has 0 rings (SSSR count). The highest BCUT2D eigenvalue weighted by Crippen LogP contribution is 2.01. The molecule has 94 valence electrons. The van der Waals surface area contributed by atoms with Crippen molar-refractivity contribution >= 4 is 11.9 Å². The lowest BCUT2D eigenvalue weighted by Gasteiger charge is -2.09. The highest BCUT2D eigenvalue weighted by atomic mass is 16.5. The van der Waals surface area contributed by atoms with E-state index >= 15 is 0 Å². The fourth-order valence-corrected chi connectivity index (χ4v) is 1.23. The maximum Gasteiger partial charge on any atom is 0.336 e. The van der Waals surface area contributed by atoms with Gasteiger partial charge in [0.1, 0.15) is 0 Å². The Kier molecular flexibility index (Phi) is 8.52. The monoisotopic (exact) mass is 231 g/mol. The first kappa shape index (κ1) is 14.9. The predicted molar refractivity (Wildman–Crippen MR) is 59.8 cm³/mol. The Hall–Kier alpha value is -1.10. The number of aliphatic hydroxyl groups excluding tert-OH is 1. The summed E-state index contributed by atoms with van der Waals surface area (Å²) < 4.78 is 4.32. The summed E-state index contributed by atoms with van der Waals surface area (Å²) >= 11 is 0. The standard InChI is InChI=1S/C11H21NO4/c1-3-4-5-6-7-10(14)12-8-9(13)11(15)16-2/h9,13H,3-8H2,1-2H3,(H,12,14). The van der Waals surface area contributed by atoms with Gasteiger partial charge in [-0.1, -0.05) is 26.2 Å². The summed E-state index contributed by atoms with van der Waals surface area (Å²) in [6.07, 6.45) is 3.29. The molecule has 0 spiro atoms. The van der Waals surface area contributed by atoms with Crippen molar-refractivity contribution in [3.05, 3.63) is 0 Å². The minimum Gasteiger partial charge on any atom is -0.467 e. The average Bonchev–Trinajstić information content (AvgIpc) is 2.30. The van der Waals surface area contributed by atoms with Crippen molar-refractivity contribution in [1.82, 2.24) is 5.32 Å². The summed E-state index contributed by atoms with van der Waals surface area (Å²) in [4.78, 5) is 22.0. The van der Waals surface area contributed by atoms with E-state index in [1.54, 1.807) is 0 Å². The van der Waals surface area contributed by atoms with Gasteiger partial charge in [0.05, 0.1) is 13.7 Å². The molecule has 0 bridgehead atoms. The highest BCUT2D eigenvalue weighted by molar-refractivity contribution is 5.78. The zero-order chi connectivity index (χ0) is 12.4. The van der Waals surface area contributed by atoms with Crippen LogP contribution in [-0.2, 0) is 14.3 Å². The van der Waals surface area contributed by atoms with Crippen molar-refractivity contribution in [3.8, 4) is 0 Å². The summed E-state index contributed by atoms with van der Waals surface area (Å²) in [5.41, 5.74) is 0. The second-order valence-corrected chi connectivity index (χ2v) is 3.65. The number of ether oxygens (including phenoxy) is 1. The zero-order valence-electron chi connectivity index (χ0n) is 9.99. The minimum atomic E-state index is -1.27. The van der Waals surface area contributed by atoms with E-state index in [9.17, 15) is 14.7 Å². The van der Waals surface area contributed by atoms with E-state index in [0.717, 1.165) is 25.7 Å². The molecule has 0 aliphatic rings. The Morgan fingerprint density at radius 1 is 1.31 bits per heavy atom. The van der Waals surface area contributed by atoms with E-state index < -0.39 is 12.1 Å². The van der Waals surface area contributed by atoms with Gasteiger partial charge in [-0.15, -0.1) is 0 Å². The van der Waals surface area contributed by atoms with Gasteiger partial charge >= 0.3 is 5.97 Å². The van der Waals surface area contributed by atoms with E-state index in [1.165, 1.54) is 7.11 Å². The van der Waals surface area contributed by atoms with Crippen LogP contribution in [0.15, 0.2) is 0 Å². The Morgan fingerprint density at radius 2 is 2.00 bits per heavy atom. The number of carbonyl (C=O) groups is 2. The maximum atomic E-state index is 11.2.